The highest BCUT2D eigenvalue weighted by molar-refractivity contribution is 7.90. The number of fused-ring (bicyclic) bond motifs is 1. The summed E-state index contributed by atoms with van der Waals surface area (Å²) in [7, 11) is -4.15. The van der Waals surface area contributed by atoms with Crippen LogP contribution in [0.25, 0.3) is 0 Å². The number of amides is 1. The van der Waals surface area contributed by atoms with E-state index >= 15 is 0 Å². The van der Waals surface area contributed by atoms with Gasteiger partial charge in [-0.05, 0) is 13.0 Å². The fraction of sp³-hybridized carbons (Fsp3) is 0.333. The number of rotatable bonds is 4. The fourth-order valence-corrected chi connectivity index (χ4v) is 3.89. The molecule has 1 aromatic rings. The summed E-state index contributed by atoms with van der Waals surface area (Å²) in [4.78, 5) is 33.6. The van der Waals surface area contributed by atoms with Gasteiger partial charge in [-0.25, -0.2) is 12.7 Å². The number of non-ortho nitro benzene ring substituents is 1. The number of nitro benzene ring substituents is 1. The van der Waals surface area contributed by atoms with E-state index in [-0.39, 0.29) is 22.6 Å². The van der Waals surface area contributed by atoms with Crippen LogP contribution in [-0.4, -0.2) is 35.4 Å². The predicted molar refractivity (Wildman–Crippen MR) is 71.2 cm³/mol. The molecule has 1 heterocycles. The second kappa shape index (κ2) is 4.92. The first-order valence-electron chi connectivity index (χ1n) is 6.11. The number of carbonyl (C=O) groups excluding carboxylic acids is 2. The van der Waals surface area contributed by atoms with E-state index in [1.165, 1.54) is 6.92 Å². The fourth-order valence-electron chi connectivity index (χ4n) is 2.17. The SMILES string of the molecule is CCC(=O)C(C)N1C(=O)c2cc([N+](=O)[O-])ccc2S1(=O)=O. The summed E-state index contributed by atoms with van der Waals surface area (Å²) < 4.78 is 25.1. The summed E-state index contributed by atoms with van der Waals surface area (Å²) in [5.41, 5.74) is -0.659. The molecule has 112 valence electrons. The summed E-state index contributed by atoms with van der Waals surface area (Å²) in [6, 6.07) is 1.81. The third kappa shape index (κ3) is 2.19. The zero-order chi connectivity index (χ0) is 15.9. The maximum Gasteiger partial charge on any atom is 0.270 e. The van der Waals surface area contributed by atoms with Gasteiger partial charge in [-0.15, -0.1) is 0 Å². The molecular formula is C12H12N2O6S. The van der Waals surface area contributed by atoms with Crippen molar-refractivity contribution in [3.8, 4) is 0 Å². The first-order chi connectivity index (χ1) is 9.71. The van der Waals surface area contributed by atoms with Gasteiger partial charge in [0, 0.05) is 18.6 Å². The first-order valence-corrected chi connectivity index (χ1v) is 7.55. The number of sulfonamides is 1. The van der Waals surface area contributed by atoms with Crippen molar-refractivity contribution in [1.29, 1.82) is 0 Å². The highest BCUT2D eigenvalue weighted by Gasteiger charge is 2.46. The first kappa shape index (κ1) is 15.1. The molecule has 1 amide bonds. The van der Waals surface area contributed by atoms with E-state index < -0.39 is 32.7 Å². The molecule has 0 saturated heterocycles. The van der Waals surface area contributed by atoms with E-state index in [1.807, 2.05) is 0 Å². The summed E-state index contributed by atoms with van der Waals surface area (Å²) in [6.45, 7) is 2.88. The Kier molecular flexibility index (Phi) is 3.54. The van der Waals surface area contributed by atoms with Crippen molar-refractivity contribution in [2.24, 2.45) is 0 Å². The molecule has 9 heteroatoms. The lowest BCUT2D eigenvalue weighted by atomic mass is 10.1. The Morgan fingerprint density at radius 3 is 2.57 bits per heavy atom. The molecular weight excluding hydrogens is 300 g/mol. The second-order valence-electron chi connectivity index (χ2n) is 4.54. The van der Waals surface area contributed by atoms with Gasteiger partial charge in [-0.1, -0.05) is 6.92 Å². The minimum Gasteiger partial charge on any atom is -0.297 e. The molecule has 0 aliphatic carbocycles. The molecule has 0 fully saturated rings. The van der Waals surface area contributed by atoms with Crippen molar-refractivity contribution in [2.75, 3.05) is 0 Å². The van der Waals surface area contributed by atoms with Gasteiger partial charge in [0.15, 0.2) is 5.78 Å². The van der Waals surface area contributed by atoms with Crippen LogP contribution in [0, 0.1) is 10.1 Å². The van der Waals surface area contributed by atoms with Crippen LogP contribution in [0.15, 0.2) is 23.1 Å². The molecule has 0 N–H and O–H groups in total. The van der Waals surface area contributed by atoms with Gasteiger partial charge in [0.25, 0.3) is 21.6 Å². The Morgan fingerprint density at radius 2 is 2.05 bits per heavy atom. The lowest BCUT2D eigenvalue weighted by Crippen LogP contribution is -2.42. The summed E-state index contributed by atoms with van der Waals surface area (Å²) in [5, 5.41) is 10.7. The molecule has 2 rings (SSSR count). The summed E-state index contributed by atoms with van der Waals surface area (Å²) in [6.07, 6.45) is 0.0803. The average molecular weight is 312 g/mol. The summed E-state index contributed by atoms with van der Waals surface area (Å²) >= 11 is 0. The molecule has 0 saturated carbocycles. The third-order valence-electron chi connectivity index (χ3n) is 3.31. The van der Waals surface area contributed by atoms with Crippen LogP contribution in [0.4, 0.5) is 5.69 Å². The van der Waals surface area contributed by atoms with Gasteiger partial charge in [0.05, 0.1) is 10.5 Å². The zero-order valence-corrected chi connectivity index (χ0v) is 12.1. The van der Waals surface area contributed by atoms with Gasteiger partial charge in [-0.2, -0.15) is 0 Å². The van der Waals surface area contributed by atoms with E-state index in [9.17, 15) is 28.1 Å². The number of carbonyl (C=O) groups is 2. The normalized spacial score (nSPS) is 17.4. The third-order valence-corrected chi connectivity index (χ3v) is 5.22. The van der Waals surface area contributed by atoms with E-state index in [1.54, 1.807) is 6.92 Å². The highest BCUT2D eigenvalue weighted by Crippen LogP contribution is 2.34. The Bertz CT molecular complexity index is 755. The van der Waals surface area contributed by atoms with Crippen molar-refractivity contribution in [3.05, 3.63) is 33.9 Å². The number of Topliss-reactive ketones (excluding diaryl/α,β-unsaturated/α-hetero) is 1. The lowest BCUT2D eigenvalue weighted by molar-refractivity contribution is -0.384. The number of hydrogen-bond acceptors (Lipinski definition) is 6. The molecule has 1 unspecified atom stereocenters. The lowest BCUT2D eigenvalue weighted by Gasteiger charge is -2.21. The van der Waals surface area contributed by atoms with Gasteiger partial charge >= 0.3 is 0 Å². The van der Waals surface area contributed by atoms with Crippen LogP contribution in [0.1, 0.15) is 30.6 Å². The van der Waals surface area contributed by atoms with Crippen LogP contribution in [0.5, 0.6) is 0 Å². The molecule has 0 aromatic heterocycles. The average Bonchev–Trinajstić information content (AvgIpc) is 2.64. The molecule has 1 atom stereocenters. The topological polar surface area (TPSA) is 115 Å². The molecule has 21 heavy (non-hydrogen) atoms. The van der Waals surface area contributed by atoms with Crippen molar-refractivity contribution in [2.45, 2.75) is 31.2 Å². The Hall–Kier alpha value is -2.29. The van der Waals surface area contributed by atoms with Crippen LogP contribution < -0.4 is 0 Å². The molecule has 8 nitrogen and oxygen atoms in total. The number of ketones is 1. The van der Waals surface area contributed by atoms with Crippen LogP contribution in [0.3, 0.4) is 0 Å². The highest BCUT2D eigenvalue weighted by atomic mass is 32.2. The smallest absolute Gasteiger partial charge is 0.270 e. The monoisotopic (exact) mass is 312 g/mol. The summed E-state index contributed by atoms with van der Waals surface area (Å²) in [5.74, 6) is -1.32. The van der Waals surface area contributed by atoms with Crippen LogP contribution in [0.2, 0.25) is 0 Å². The molecule has 0 spiro atoms. The zero-order valence-electron chi connectivity index (χ0n) is 11.3. The molecule has 0 bridgehead atoms. The molecule has 1 aliphatic rings. The maximum atomic E-state index is 12.3. The van der Waals surface area contributed by atoms with Gasteiger partial charge in [-0.3, -0.25) is 19.7 Å². The Balaban J connectivity index is 2.59. The molecule has 0 radical (unpaired) electrons. The predicted octanol–water partition coefficient (Wildman–Crippen LogP) is 1.11. The molecule has 1 aromatic carbocycles. The number of nitro groups is 1. The van der Waals surface area contributed by atoms with E-state index in [2.05, 4.69) is 0 Å². The van der Waals surface area contributed by atoms with E-state index in [0.29, 0.717) is 4.31 Å². The van der Waals surface area contributed by atoms with Crippen LogP contribution in [-0.2, 0) is 14.8 Å². The largest absolute Gasteiger partial charge is 0.297 e. The van der Waals surface area contributed by atoms with E-state index in [0.717, 1.165) is 18.2 Å². The molecule has 1 aliphatic heterocycles. The number of nitrogens with zero attached hydrogens (tertiary/aromatic N) is 2. The minimum atomic E-state index is -4.15. The van der Waals surface area contributed by atoms with Gasteiger partial charge in [0.2, 0.25) is 0 Å². The Morgan fingerprint density at radius 1 is 1.43 bits per heavy atom. The van der Waals surface area contributed by atoms with Crippen molar-refractivity contribution >= 4 is 27.4 Å². The standard InChI is InChI=1S/C12H12N2O6S/c1-3-10(15)7(2)13-12(16)9-6-8(14(17)18)4-5-11(9)21(13,19)20/h4-7H,3H2,1-2H3. The van der Waals surface area contributed by atoms with Crippen molar-refractivity contribution in [1.82, 2.24) is 4.31 Å². The van der Waals surface area contributed by atoms with Crippen molar-refractivity contribution < 1.29 is 22.9 Å². The van der Waals surface area contributed by atoms with E-state index in [4.69, 9.17) is 0 Å². The maximum absolute atomic E-state index is 12.3. The Labute approximate surface area is 120 Å². The number of hydrogen-bond donors (Lipinski definition) is 0. The second-order valence-corrected chi connectivity index (χ2v) is 6.32. The van der Waals surface area contributed by atoms with Gasteiger partial charge in [0.1, 0.15) is 10.9 Å². The number of benzene rings is 1. The van der Waals surface area contributed by atoms with Gasteiger partial charge < -0.3 is 0 Å². The van der Waals surface area contributed by atoms with Crippen molar-refractivity contribution in [3.63, 3.8) is 0 Å². The van der Waals surface area contributed by atoms with Crippen LogP contribution >= 0.6 is 0 Å². The quantitative estimate of drug-likeness (QED) is 0.607. The minimum absolute atomic E-state index is 0.0803.